The second kappa shape index (κ2) is 4.05. The van der Waals surface area contributed by atoms with Crippen LogP contribution in [0.2, 0.25) is 0 Å². The van der Waals surface area contributed by atoms with Crippen molar-refractivity contribution in [3.05, 3.63) is 12.8 Å². The summed E-state index contributed by atoms with van der Waals surface area (Å²) in [5, 5.41) is 10.4. The summed E-state index contributed by atoms with van der Waals surface area (Å²) in [4.78, 5) is 0. The van der Waals surface area contributed by atoms with Crippen LogP contribution in [0.1, 0.15) is 6.92 Å². The fourth-order valence-electron chi connectivity index (χ4n) is 0.187. The Kier molecular flexibility index (Phi) is 3.48. The molecule has 3 heteroatoms. The first-order valence-electron chi connectivity index (χ1n) is 2.22. The summed E-state index contributed by atoms with van der Waals surface area (Å²) in [7, 11) is 0. The Balaban J connectivity index is 3.34. The normalized spacial score (nSPS) is 9.12. The van der Waals surface area contributed by atoms with Gasteiger partial charge in [0.05, 0.1) is 6.21 Å². The molecule has 0 fully saturated rings. The number of hydrogen-bond acceptors (Lipinski definition) is 3. The summed E-state index contributed by atoms with van der Waals surface area (Å²) in [6.45, 7) is 5.01. The summed E-state index contributed by atoms with van der Waals surface area (Å²) in [5.74, 6) is 0. The zero-order valence-corrected chi connectivity index (χ0v) is 4.81. The van der Waals surface area contributed by atoms with Crippen molar-refractivity contribution in [2.75, 3.05) is 0 Å². The van der Waals surface area contributed by atoms with E-state index in [1.165, 1.54) is 12.4 Å². The number of hydrogen-bond donors (Lipinski definition) is 2. The zero-order chi connectivity index (χ0) is 6.41. The average molecular weight is 111 g/mol. The van der Waals surface area contributed by atoms with E-state index >= 15 is 0 Å². The van der Waals surface area contributed by atoms with Crippen molar-refractivity contribution in [1.82, 2.24) is 5.43 Å². The molecule has 2 N–H and O–H groups in total. The van der Waals surface area contributed by atoms with Gasteiger partial charge < -0.3 is 5.41 Å². The van der Waals surface area contributed by atoms with Crippen molar-refractivity contribution < 1.29 is 0 Å². The molecule has 0 bridgehead atoms. The lowest BCUT2D eigenvalue weighted by atomic mass is 10.5. The van der Waals surface area contributed by atoms with Crippen LogP contribution >= 0.6 is 0 Å². The summed E-state index contributed by atoms with van der Waals surface area (Å²) in [5.41, 5.74) is 2.89. The summed E-state index contributed by atoms with van der Waals surface area (Å²) in [6.07, 6.45) is 2.85. The number of nitrogens with one attached hydrogen (secondary N) is 2. The number of nitrogens with zero attached hydrogens (tertiary/aromatic N) is 1. The Labute approximate surface area is 48.6 Å². The summed E-state index contributed by atoms with van der Waals surface area (Å²) >= 11 is 0. The van der Waals surface area contributed by atoms with Crippen LogP contribution in [0, 0.1) is 5.41 Å². The minimum atomic E-state index is 0.416. The lowest BCUT2D eigenvalue weighted by Crippen LogP contribution is -1.96. The first-order chi connectivity index (χ1) is 3.77. The first kappa shape index (κ1) is 6.88. The van der Waals surface area contributed by atoms with Gasteiger partial charge in [0.15, 0.2) is 0 Å². The molecule has 44 valence electrons. The largest absolute Gasteiger partial charge is 0.304 e. The van der Waals surface area contributed by atoms with E-state index in [2.05, 4.69) is 17.1 Å². The maximum atomic E-state index is 6.85. The van der Waals surface area contributed by atoms with Gasteiger partial charge in [0.25, 0.3) is 0 Å². The monoisotopic (exact) mass is 111 g/mol. The summed E-state index contributed by atoms with van der Waals surface area (Å²) in [6, 6.07) is 0. The molecule has 8 heavy (non-hydrogen) atoms. The lowest BCUT2D eigenvalue weighted by molar-refractivity contribution is 0.982. The molecular formula is C5H9N3. The van der Waals surface area contributed by atoms with E-state index in [0.717, 1.165) is 0 Å². The minimum Gasteiger partial charge on any atom is -0.304 e. The third kappa shape index (κ3) is 4.88. The second-order valence-corrected chi connectivity index (χ2v) is 1.27. The van der Waals surface area contributed by atoms with Crippen LogP contribution in [0.4, 0.5) is 0 Å². The van der Waals surface area contributed by atoms with Crippen molar-refractivity contribution in [3.8, 4) is 0 Å². The highest BCUT2D eigenvalue weighted by Crippen LogP contribution is 1.60. The van der Waals surface area contributed by atoms with Crippen LogP contribution in [0.3, 0.4) is 0 Å². The smallest absolute Gasteiger partial charge is 0.0677 e. The van der Waals surface area contributed by atoms with Gasteiger partial charge in [-0.05, 0) is 6.92 Å². The van der Waals surface area contributed by atoms with Crippen LogP contribution in [0.5, 0.6) is 0 Å². The molecule has 0 radical (unpaired) electrons. The van der Waals surface area contributed by atoms with Crippen molar-refractivity contribution in [1.29, 1.82) is 5.41 Å². The van der Waals surface area contributed by atoms with Gasteiger partial charge in [0.1, 0.15) is 0 Å². The SMILES string of the molecule is C=CNN=CC(C)=N. The van der Waals surface area contributed by atoms with E-state index < -0.39 is 0 Å². The highest BCUT2D eigenvalue weighted by atomic mass is 15.3. The van der Waals surface area contributed by atoms with Gasteiger partial charge in [0.2, 0.25) is 0 Å². The number of rotatable bonds is 3. The molecular weight excluding hydrogens is 102 g/mol. The Morgan fingerprint density at radius 2 is 2.50 bits per heavy atom. The quantitative estimate of drug-likeness (QED) is 0.409. The molecule has 0 rings (SSSR count). The van der Waals surface area contributed by atoms with E-state index in [0.29, 0.717) is 5.71 Å². The summed E-state index contributed by atoms with van der Waals surface area (Å²) < 4.78 is 0. The Bertz CT molecular complexity index is 115. The third-order valence-electron chi connectivity index (χ3n) is 0.424. The molecule has 0 saturated carbocycles. The predicted octanol–water partition coefficient (Wildman–Crippen LogP) is 0.745. The Hall–Kier alpha value is -1.12. The van der Waals surface area contributed by atoms with E-state index in [4.69, 9.17) is 5.41 Å². The molecule has 0 amide bonds. The average Bonchev–Trinajstić information content (AvgIpc) is 1.66. The van der Waals surface area contributed by atoms with Crippen LogP contribution in [-0.2, 0) is 0 Å². The number of hydrazone groups is 1. The molecule has 0 aliphatic rings. The molecule has 0 spiro atoms. The van der Waals surface area contributed by atoms with Gasteiger partial charge in [-0.2, -0.15) is 5.10 Å². The van der Waals surface area contributed by atoms with E-state index in [9.17, 15) is 0 Å². The topological polar surface area (TPSA) is 48.2 Å². The molecule has 0 unspecified atom stereocenters. The minimum absolute atomic E-state index is 0.416. The van der Waals surface area contributed by atoms with E-state index in [1.54, 1.807) is 6.92 Å². The highest BCUT2D eigenvalue weighted by molar-refractivity contribution is 6.27. The maximum absolute atomic E-state index is 6.85. The van der Waals surface area contributed by atoms with Gasteiger partial charge in [-0.3, -0.25) is 5.43 Å². The zero-order valence-electron chi connectivity index (χ0n) is 4.81. The van der Waals surface area contributed by atoms with Gasteiger partial charge in [-0.25, -0.2) is 0 Å². The van der Waals surface area contributed by atoms with Crippen molar-refractivity contribution >= 4 is 11.9 Å². The van der Waals surface area contributed by atoms with Crippen LogP contribution in [0.15, 0.2) is 17.9 Å². The van der Waals surface area contributed by atoms with Gasteiger partial charge in [-0.15, -0.1) is 0 Å². The molecule has 0 aromatic carbocycles. The molecule has 0 aliphatic carbocycles. The van der Waals surface area contributed by atoms with E-state index in [1.807, 2.05) is 0 Å². The lowest BCUT2D eigenvalue weighted by Gasteiger charge is -1.83. The van der Waals surface area contributed by atoms with Crippen LogP contribution < -0.4 is 5.43 Å². The molecule has 0 aromatic rings. The maximum Gasteiger partial charge on any atom is 0.0677 e. The molecule has 0 aromatic heterocycles. The Morgan fingerprint density at radius 1 is 1.88 bits per heavy atom. The molecule has 0 aliphatic heterocycles. The molecule has 0 heterocycles. The van der Waals surface area contributed by atoms with E-state index in [-0.39, 0.29) is 0 Å². The fraction of sp³-hybridized carbons (Fsp3) is 0.200. The molecule has 0 atom stereocenters. The van der Waals surface area contributed by atoms with Crippen molar-refractivity contribution in [2.24, 2.45) is 5.10 Å². The van der Waals surface area contributed by atoms with Crippen LogP contribution in [-0.4, -0.2) is 11.9 Å². The van der Waals surface area contributed by atoms with Crippen LogP contribution in [0.25, 0.3) is 0 Å². The van der Waals surface area contributed by atoms with Gasteiger partial charge in [-0.1, -0.05) is 6.58 Å². The van der Waals surface area contributed by atoms with Crippen molar-refractivity contribution in [3.63, 3.8) is 0 Å². The first-order valence-corrected chi connectivity index (χ1v) is 2.22. The standard InChI is InChI=1S/C5H9N3/c1-3-7-8-4-5(2)6/h3-4,6-7H,1H2,2H3. The van der Waals surface area contributed by atoms with Gasteiger partial charge >= 0.3 is 0 Å². The third-order valence-corrected chi connectivity index (χ3v) is 0.424. The molecule has 0 saturated heterocycles. The second-order valence-electron chi connectivity index (χ2n) is 1.27. The Morgan fingerprint density at radius 3 is 2.88 bits per heavy atom. The highest BCUT2D eigenvalue weighted by Gasteiger charge is 1.71. The van der Waals surface area contributed by atoms with Gasteiger partial charge in [0, 0.05) is 11.9 Å². The molecule has 3 nitrogen and oxygen atoms in total. The van der Waals surface area contributed by atoms with Crippen molar-refractivity contribution in [2.45, 2.75) is 6.92 Å². The predicted molar refractivity (Wildman–Crippen MR) is 35.2 cm³/mol. The fourth-order valence-corrected chi connectivity index (χ4v) is 0.187.